The molecule has 128 valence electrons. The lowest BCUT2D eigenvalue weighted by Crippen LogP contribution is -2.24. The van der Waals surface area contributed by atoms with Gasteiger partial charge < -0.3 is 4.74 Å². The highest BCUT2D eigenvalue weighted by molar-refractivity contribution is 7.91. The number of Topliss-reactive ketones (excluding diaryl/α,β-unsaturated/α-hetero) is 1. The molecule has 25 heavy (non-hydrogen) atoms. The minimum Gasteiger partial charge on any atom is -0.490 e. The zero-order chi connectivity index (χ0) is 18.0. The summed E-state index contributed by atoms with van der Waals surface area (Å²) in [4.78, 5) is 12.7. The van der Waals surface area contributed by atoms with Crippen molar-refractivity contribution in [3.8, 4) is 5.75 Å². The average Bonchev–Trinajstić information content (AvgIpc) is 2.58. The number of fused-ring (bicyclic) bond motifs is 1. The first-order valence-corrected chi connectivity index (χ1v) is 9.55. The Hall–Kier alpha value is -2.37. The van der Waals surface area contributed by atoms with E-state index in [4.69, 9.17) is 16.3 Å². The van der Waals surface area contributed by atoms with Gasteiger partial charge in [0.25, 0.3) is 0 Å². The molecule has 0 spiro atoms. The highest BCUT2D eigenvalue weighted by atomic mass is 35.5. The van der Waals surface area contributed by atoms with Crippen LogP contribution in [-0.4, -0.2) is 26.6 Å². The standard InChI is InChI=1S/C19H15ClO4S/c1-2-9-24-16-6-3-13(4-7-16)10-14-12-25(22,23)18-8-5-15(20)11-17(18)19(14)21/h2-8,10-11H,1,9,12H2. The van der Waals surface area contributed by atoms with Gasteiger partial charge in [0, 0.05) is 16.2 Å². The normalized spacial score (nSPS) is 17.2. The number of benzene rings is 2. The third kappa shape index (κ3) is 3.67. The lowest BCUT2D eigenvalue weighted by atomic mass is 10.0. The Bertz CT molecular complexity index is 973. The van der Waals surface area contributed by atoms with Crippen LogP contribution in [0.1, 0.15) is 15.9 Å². The van der Waals surface area contributed by atoms with E-state index in [1.54, 1.807) is 36.4 Å². The highest BCUT2D eigenvalue weighted by Crippen LogP contribution is 2.31. The molecule has 4 nitrogen and oxygen atoms in total. The summed E-state index contributed by atoms with van der Waals surface area (Å²) in [5, 5.41) is 0.326. The molecule has 1 aliphatic heterocycles. The molecule has 0 aliphatic carbocycles. The molecule has 3 rings (SSSR count). The van der Waals surface area contributed by atoms with Crippen LogP contribution >= 0.6 is 11.6 Å². The number of hydrogen-bond donors (Lipinski definition) is 0. The van der Waals surface area contributed by atoms with Gasteiger partial charge in [-0.25, -0.2) is 8.42 Å². The SMILES string of the molecule is C=CCOc1ccc(C=C2CS(=O)(=O)c3ccc(Cl)cc3C2=O)cc1. The number of carbonyl (C=O) groups excluding carboxylic acids is 1. The molecule has 0 saturated carbocycles. The molecule has 0 amide bonds. The molecule has 0 aromatic heterocycles. The van der Waals surface area contributed by atoms with Crippen molar-refractivity contribution in [2.45, 2.75) is 4.90 Å². The second-order valence-corrected chi connectivity index (χ2v) is 7.96. The van der Waals surface area contributed by atoms with Crippen molar-refractivity contribution >= 4 is 33.3 Å². The van der Waals surface area contributed by atoms with Crippen LogP contribution in [-0.2, 0) is 9.84 Å². The first kappa shape index (κ1) is 17.5. The predicted molar refractivity (Wildman–Crippen MR) is 97.9 cm³/mol. The van der Waals surface area contributed by atoms with Gasteiger partial charge in [0.1, 0.15) is 12.4 Å². The summed E-state index contributed by atoms with van der Waals surface area (Å²) in [5.74, 6) is 0.0240. The van der Waals surface area contributed by atoms with Gasteiger partial charge >= 0.3 is 0 Å². The van der Waals surface area contributed by atoms with Crippen LogP contribution in [0, 0.1) is 0 Å². The number of halogens is 1. The Balaban J connectivity index is 1.96. The molecule has 0 radical (unpaired) electrons. The third-order valence-electron chi connectivity index (χ3n) is 3.75. The minimum absolute atomic E-state index is 0.0345. The number of hydrogen-bond acceptors (Lipinski definition) is 4. The van der Waals surface area contributed by atoms with E-state index in [-0.39, 0.29) is 27.6 Å². The van der Waals surface area contributed by atoms with Crippen LogP contribution in [0.4, 0.5) is 0 Å². The van der Waals surface area contributed by atoms with Crippen LogP contribution in [0.3, 0.4) is 0 Å². The van der Waals surface area contributed by atoms with Gasteiger partial charge in [-0.3, -0.25) is 4.79 Å². The summed E-state index contributed by atoms with van der Waals surface area (Å²) in [6.45, 7) is 3.98. The first-order chi connectivity index (χ1) is 11.9. The van der Waals surface area contributed by atoms with Crippen molar-refractivity contribution in [3.05, 3.63) is 76.8 Å². The molecule has 0 atom stereocenters. The topological polar surface area (TPSA) is 60.4 Å². The Labute approximate surface area is 151 Å². The molecule has 0 fully saturated rings. The van der Waals surface area contributed by atoms with Gasteiger partial charge in [0.2, 0.25) is 0 Å². The van der Waals surface area contributed by atoms with Crippen molar-refractivity contribution in [1.82, 2.24) is 0 Å². The van der Waals surface area contributed by atoms with Crippen LogP contribution in [0.2, 0.25) is 5.02 Å². The molecule has 1 heterocycles. The van der Waals surface area contributed by atoms with E-state index < -0.39 is 9.84 Å². The summed E-state index contributed by atoms with van der Waals surface area (Å²) in [7, 11) is -3.56. The number of sulfone groups is 1. The quantitative estimate of drug-likeness (QED) is 0.600. The Kier molecular flexibility index (Phi) is 4.79. The number of carbonyl (C=O) groups is 1. The molecular weight excluding hydrogens is 360 g/mol. The fraction of sp³-hybridized carbons (Fsp3) is 0.105. The van der Waals surface area contributed by atoms with E-state index in [9.17, 15) is 13.2 Å². The van der Waals surface area contributed by atoms with Gasteiger partial charge in [0.15, 0.2) is 15.6 Å². The third-order valence-corrected chi connectivity index (χ3v) is 5.70. The average molecular weight is 375 g/mol. The number of ether oxygens (including phenoxy) is 1. The first-order valence-electron chi connectivity index (χ1n) is 7.52. The van der Waals surface area contributed by atoms with Crippen molar-refractivity contribution in [2.24, 2.45) is 0 Å². The van der Waals surface area contributed by atoms with Crippen LogP contribution in [0.15, 0.2) is 65.6 Å². The molecule has 6 heteroatoms. The molecule has 2 aromatic rings. The second kappa shape index (κ2) is 6.86. The molecular formula is C19H15ClO4S. The summed E-state index contributed by atoms with van der Waals surface area (Å²) < 4.78 is 30.3. The zero-order valence-corrected chi connectivity index (χ0v) is 14.8. The van der Waals surface area contributed by atoms with Crippen LogP contribution in [0.5, 0.6) is 5.75 Å². The van der Waals surface area contributed by atoms with E-state index in [0.717, 1.165) is 5.56 Å². The van der Waals surface area contributed by atoms with Crippen molar-refractivity contribution in [1.29, 1.82) is 0 Å². The second-order valence-electron chi connectivity index (χ2n) is 5.57. The molecule has 0 N–H and O–H groups in total. The van der Waals surface area contributed by atoms with Gasteiger partial charge in [-0.2, -0.15) is 0 Å². The maximum Gasteiger partial charge on any atom is 0.191 e. The van der Waals surface area contributed by atoms with E-state index in [1.165, 1.54) is 18.2 Å². The van der Waals surface area contributed by atoms with E-state index >= 15 is 0 Å². The largest absolute Gasteiger partial charge is 0.490 e. The van der Waals surface area contributed by atoms with Gasteiger partial charge in [0.05, 0.1) is 10.6 Å². The monoisotopic (exact) mass is 374 g/mol. The van der Waals surface area contributed by atoms with Gasteiger partial charge in [-0.15, -0.1) is 0 Å². The van der Waals surface area contributed by atoms with Gasteiger partial charge in [-0.05, 0) is 42.0 Å². The summed E-state index contributed by atoms with van der Waals surface area (Å²) in [6, 6.07) is 11.3. The number of ketones is 1. The lowest BCUT2D eigenvalue weighted by molar-refractivity contribution is 0.103. The fourth-order valence-electron chi connectivity index (χ4n) is 2.60. The Morgan fingerprint density at radius 2 is 1.88 bits per heavy atom. The summed E-state index contributed by atoms with van der Waals surface area (Å²) in [5.41, 5.74) is 1.06. The van der Waals surface area contributed by atoms with Crippen LogP contribution in [0.25, 0.3) is 6.08 Å². The maximum absolute atomic E-state index is 12.6. The zero-order valence-electron chi connectivity index (χ0n) is 13.2. The summed E-state index contributed by atoms with van der Waals surface area (Å²) in [6.07, 6.45) is 3.23. The van der Waals surface area contributed by atoms with Crippen molar-refractivity contribution in [2.75, 3.05) is 12.4 Å². The Morgan fingerprint density at radius 1 is 1.16 bits per heavy atom. The fourth-order valence-corrected chi connectivity index (χ4v) is 4.31. The predicted octanol–water partition coefficient (Wildman–Crippen LogP) is 3.96. The molecule has 0 unspecified atom stereocenters. The maximum atomic E-state index is 12.6. The van der Waals surface area contributed by atoms with Crippen molar-refractivity contribution < 1.29 is 17.9 Å². The van der Waals surface area contributed by atoms with Gasteiger partial charge in [-0.1, -0.05) is 36.4 Å². The van der Waals surface area contributed by atoms with E-state index in [0.29, 0.717) is 17.4 Å². The van der Waals surface area contributed by atoms with Crippen molar-refractivity contribution in [3.63, 3.8) is 0 Å². The molecule has 0 bridgehead atoms. The van der Waals surface area contributed by atoms with E-state index in [2.05, 4.69) is 6.58 Å². The molecule has 1 aliphatic rings. The smallest absolute Gasteiger partial charge is 0.191 e. The minimum atomic E-state index is -3.56. The van der Waals surface area contributed by atoms with E-state index in [1.807, 2.05) is 0 Å². The number of rotatable bonds is 4. The molecule has 2 aromatic carbocycles. The molecule has 0 saturated heterocycles. The van der Waals surface area contributed by atoms with Crippen LogP contribution < -0.4 is 4.74 Å². The Morgan fingerprint density at radius 3 is 2.56 bits per heavy atom. The summed E-state index contributed by atoms with van der Waals surface area (Å²) >= 11 is 5.91. The highest BCUT2D eigenvalue weighted by Gasteiger charge is 2.32. The lowest BCUT2D eigenvalue weighted by Gasteiger charge is -2.18.